The number of hydrogen-bond donors (Lipinski definition) is 0. The molecule has 8 heteroatoms. The number of hydrogen-bond acceptors (Lipinski definition) is 5. The molecule has 0 saturated heterocycles. The minimum Gasteiger partial charge on any atom is -0.492 e. The summed E-state index contributed by atoms with van der Waals surface area (Å²) in [5.74, 6) is 0.690. The van der Waals surface area contributed by atoms with Gasteiger partial charge in [0.2, 0.25) is 0 Å². The second-order valence-corrected chi connectivity index (χ2v) is 11.6. The van der Waals surface area contributed by atoms with Gasteiger partial charge in [-0.25, -0.2) is 8.42 Å². The summed E-state index contributed by atoms with van der Waals surface area (Å²) in [4.78, 5) is 15.2. The molecule has 2 heterocycles. The maximum Gasteiger partial charge on any atom is 0.272 e. The topological polar surface area (TPSA) is 81.5 Å². The molecule has 3 aliphatic rings. The van der Waals surface area contributed by atoms with Gasteiger partial charge >= 0.3 is 0 Å². The van der Waals surface area contributed by atoms with Crippen LogP contribution in [0.2, 0.25) is 0 Å². The number of amides is 1. The van der Waals surface area contributed by atoms with Gasteiger partial charge in [0, 0.05) is 25.2 Å². The average molecular weight is 422 g/mol. The molecule has 1 amide bonds. The minimum absolute atomic E-state index is 0.118. The van der Waals surface area contributed by atoms with Gasteiger partial charge in [-0.2, -0.15) is 5.10 Å². The molecule has 0 bridgehead atoms. The Labute approximate surface area is 173 Å². The fourth-order valence-corrected chi connectivity index (χ4v) is 6.79. The first-order valence-corrected chi connectivity index (χ1v) is 12.2. The zero-order valence-electron chi connectivity index (χ0n) is 17.6. The second-order valence-electron chi connectivity index (χ2n) is 9.01. The first-order chi connectivity index (χ1) is 13.7. The zero-order chi connectivity index (χ0) is 21.0. The lowest BCUT2D eigenvalue weighted by Crippen LogP contribution is -2.47. The van der Waals surface area contributed by atoms with E-state index in [9.17, 15) is 13.2 Å². The van der Waals surface area contributed by atoms with Gasteiger partial charge in [-0.15, -0.1) is 0 Å². The van der Waals surface area contributed by atoms with Crippen molar-refractivity contribution in [3.05, 3.63) is 23.5 Å². The van der Waals surface area contributed by atoms with Crippen molar-refractivity contribution in [3.63, 3.8) is 0 Å². The molecule has 0 unspecified atom stereocenters. The summed E-state index contributed by atoms with van der Waals surface area (Å²) in [5.41, 5.74) is 2.10. The van der Waals surface area contributed by atoms with E-state index < -0.39 is 14.6 Å². The number of ether oxygens (including phenoxy) is 1. The van der Waals surface area contributed by atoms with E-state index in [2.05, 4.69) is 25.5 Å². The lowest BCUT2D eigenvalue weighted by Gasteiger charge is -2.31. The molecule has 4 rings (SSSR count). The Balaban J connectivity index is 1.63. The molecular weight excluding hydrogens is 390 g/mol. The van der Waals surface area contributed by atoms with E-state index in [4.69, 9.17) is 4.74 Å². The molecule has 0 aromatic carbocycles. The quantitative estimate of drug-likeness (QED) is 0.573. The van der Waals surface area contributed by atoms with Crippen LogP contribution in [0, 0.1) is 5.92 Å². The van der Waals surface area contributed by atoms with Crippen molar-refractivity contribution in [1.29, 1.82) is 0 Å². The van der Waals surface area contributed by atoms with Crippen LogP contribution in [-0.4, -0.2) is 58.7 Å². The number of sulfone groups is 1. The van der Waals surface area contributed by atoms with Crippen molar-refractivity contribution < 1.29 is 17.9 Å². The highest BCUT2D eigenvalue weighted by Crippen LogP contribution is 2.51. The molecule has 160 valence electrons. The Morgan fingerprint density at radius 1 is 1.34 bits per heavy atom. The number of fused-ring (bicyclic) bond motifs is 1. The van der Waals surface area contributed by atoms with Crippen molar-refractivity contribution in [2.75, 3.05) is 19.7 Å². The maximum atomic E-state index is 13.4. The molecule has 7 nitrogen and oxygen atoms in total. The smallest absolute Gasteiger partial charge is 0.272 e. The fourth-order valence-electron chi connectivity index (χ4n) is 4.32. The third kappa shape index (κ3) is 3.49. The summed E-state index contributed by atoms with van der Waals surface area (Å²) in [6.45, 7) is 12.0. The van der Waals surface area contributed by atoms with Crippen LogP contribution in [-0.2, 0) is 27.5 Å². The molecule has 2 fully saturated rings. The standard InChI is InChI=1S/C21H31N3O4S/c1-5-28-15(4)18-17-8-11-23(20(25)19(17)24(22-18)12-14(2)3)13-21(9-10-21)29(26,27)16-6-7-16/h14,16H,4-13H2,1-3H3. The minimum atomic E-state index is -3.15. The van der Waals surface area contributed by atoms with E-state index in [1.165, 1.54) is 0 Å². The SMILES string of the molecule is C=C(OCC)c1nn(CC(C)C)c2c1CCN(CC1(S(=O)(=O)C3CC3)CC1)C2=O. The van der Waals surface area contributed by atoms with Gasteiger partial charge in [-0.1, -0.05) is 20.4 Å². The molecule has 0 N–H and O–H groups in total. The van der Waals surface area contributed by atoms with E-state index in [-0.39, 0.29) is 11.2 Å². The van der Waals surface area contributed by atoms with Crippen molar-refractivity contribution in [3.8, 4) is 0 Å². The van der Waals surface area contributed by atoms with Gasteiger partial charge in [0.05, 0.1) is 16.6 Å². The number of nitrogens with zero attached hydrogens (tertiary/aromatic N) is 3. The van der Waals surface area contributed by atoms with Crippen molar-refractivity contribution in [2.24, 2.45) is 5.92 Å². The molecule has 0 spiro atoms. The molecule has 1 aromatic rings. The summed E-state index contributed by atoms with van der Waals surface area (Å²) in [7, 11) is -3.15. The van der Waals surface area contributed by atoms with E-state index in [0.29, 0.717) is 68.6 Å². The van der Waals surface area contributed by atoms with Gasteiger partial charge in [0.25, 0.3) is 5.91 Å². The van der Waals surface area contributed by atoms with E-state index in [0.717, 1.165) is 18.4 Å². The Bertz CT molecular complexity index is 939. The third-order valence-corrected chi connectivity index (χ3v) is 9.24. The second kappa shape index (κ2) is 7.15. The van der Waals surface area contributed by atoms with E-state index in [1.54, 1.807) is 9.58 Å². The summed E-state index contributed by atoms with van der Waals surface area (Å²) >= 11 is 0. The van der Waals surface area contributed by atoms with Crippen LogP contribution in [0.1, 0.15) is 68.2 Å². The van der Waals surface area contributed by atoms with Gasteiger partial charge in [0.1, 0.15) is 17.1 Å². The molecule has 29 heavy (non-hydrogen) atoms. The van der Waals surface area contributed by atoms with Crippen LogP contribution in [0.4, 0.5) is 0 Å². The van der Waals surface area contributed by atoms with Gasteiger partial charge in [-0.05, 0) is 44.9 Å². The summed E-state index contributed by atoms with van der Waals surface area (Å²) in [5, 5.41) is 4.47. The third-order valence-electron chi connectivity index (χ3n) is 6.15. The predicted octanol–water partition coefficient (Wildman–Crippen LogP) is 2.65. The molecule has 0 atom stereocenters. The van der Waals surface area contributed by atoms with Crippen LogP contribution >= 0.6 is 0 Å². The fraction of sp³-hybridized carbons (Fsp3) is 0.714. The molecule has 0 radical (unpaired) electrons. The largest absolute Gasteiger partial charge is 0.492 e. The first-order valence-electron chi connectivity index (χ1n) is 10.6. The Morgan fingerprint density at radius 3 is 2.59 bits per heavy atom. The van der Waals surface area contributed by atoms with Gasteiger partial charge in [0.15, 0.2) is 9.84 Å². The van der Waals surface area contributed by atoms with Gasteiger partial charge in [-0.3, -0.25) is 9.48 Å². The van der Waals surface area contributed by atoms with E-state index in [1.807, 2.05) is 6.92 Å². The normalized spacial score (nSPS) is 20.7. The molecule has 1 aromatic heterocycles. The average Bonchev–Trinajstić information content (AvgIpc) is 3.55. The van der Waals surface area contributed by atoms with Crippen LogP contribution in [0.5, 0.6) is 0 Å². The summed E-state index contributed by atoms with van der Waals surface area (Å²) in [6.07, 6.45) is 3.51. The molecule has 2 saturated carbocycles. The monoisotopic (exact) mass is 421 g/mol. The predicted molar refractivity (Wildman–Crippen MR) is 111 cm³/mol. The number of carbonyl (C=O) groups excluding carboxylic acids is 1. The van der Waals surface area contributed by atoms with Gasteiger partial charge < -0.3 is 9.64 Å². The Morgan fingerprint density at radius 2 is 2.03 bits per heavy atom. The van der Waals surface area contributed by atoms with Crippen molar-refractivity contribution >= 4 is 21.5 Å². The lowest BCUT2D eigenvalue weighted by molar-refractivity contribution is 0.0721. The highest BCUT2D eigenvalue weighted by atomic mass is 32.2. The zero-order valence-corrected chi connectivity index (χ0v) is 18.4. The lowest BCUT2D eigenvalue weighted by atomic mass is 10.0. The van der Waals surface area contributed by atoms with Crippen LogP contribution in [0.25, 0.3) is 5.76 Å². The molecule has 1 aliphatic heterocycles. The van der Waals surface area contributed by atoms with Crippen molar-refractivity contribution in [2.45, 2.75) is 69.4 Å². The van der Waals surface area contributed by atoms with Crippen LogP contribution in [0.15, 0.2) is 6.58 Å². The molecular formula is C21H31N3O4S. The van der Waals surface area contributed by atoms with Crippen molar-refractivity contribution in [1.82, 2.24) is 14.7 Å². The van der Waals surface area contributed by atoms with Crippen LogP contribution in [0.3, 0.4) is 0 Å². The number of aromatic nitrogens is 2. The van der Waals surface area contributed by atoms with E-state index >= 15 is 0 Å². The molecule has 2 aliphatic carbocycles. The Kier molecular flexibility index (Phi) is 5.04. The first kappa shape index (κ1) is 20.4. The summed E-state index contributed by atoms with van der Waals surface area (Å²) < 4.78 is 32.4. The maximum absolute atomic E-state index is 13.4. The Hall–Kier alpha value is -1.83. The highest BCUT2D eigenvalue weighted by Gasteiger charge is 2.60. The highest BCUT2D eigenvalue weighted by molar-refractivity contribution is 7.94. The van der Waals surface area contributed by atoms with Crippen LogP contribution < -0.4 is 0 Å². The summed E-state index contributed by atoms with van der Waals surface area (Å²) in [6, 6.07) is 0. The number of rotatable bonds is 9. The number of carbonyl (C=O) groups is 1.